The van der Waals surface area contributed by atoms with Gasteiger partial charge in [0, 0.05) is 0 Å². The Morgan fingerprint density at radius 1 is 1.16 bits per heavy atom. The standard InChI is InChI=1S/C21H27N2O2/c1-4-17-10-16(3)11-19(12-17)25-14-18(24)13-23-15-22(5-2)20-8-6-7-9-21(20)23/h6-12,15,18,24H,4-5,13-14H2,1-3H3/q+1/t18-/m1/s1. The van der Waals surface area contributed by atoms with Gasteiger partial charge in [-0.05, 0) is 55.7 Å². The Morgan fingerprint density at radius 2 is 1.96 bits per heavy atom. The van der Waals surface area contributed by atoms with Crippen LogP contribution in [0.1, 0.15) is 25.0 Å². The minimum absolute atomic E-state index is 0.283. The number of nitrogens with zero attached hydrogens (tertiary/aromatic N) is 2. The molecule has 0 aliphatic rings. The lowest BCUT2D eigenvalue weighted by Crippen LogP contribution is -2.41. The molecule has 3 rings (SSSR count). The molecule has 0 radical (unpaired) electrons. The molecule has 25 heavy (non-hydrogen) atoms. The number of aliphatic hydroxyl groups is 1. The van der Waals surface area contributed by atoms with E-state index >= 15 is 0 Å². The number of hydrogen-bond donors (Lipinski definition) is 1. The van der Waals surface area contributed by atoms with Crippen LogP contribution < -0.4 is 9.30 Å². The van der Waals surface area contributed by atoms with Crippen molar-refractivity contribution < 1.29 is 14.4 Å². The van der Waals surface area contributed by atoms with Crippen LogP contribution in [-0.4, -0.2) is 22.4 Å². The van der Waals surface area contributed by atoms with Crippen LogP contribution in [0.3, 0.4) is 0 Å². The highest BCUT2D eigenvalue weighted by molar-refractivity contribution is 5.71. The number of rotatable bonds is 7. The fourth-order valence-electron chi connectivity index (χ4n) is 3.22. The Kier molecular flexibility index (Phi) is 5.39. The fraction of sp³-hybridized carbons (Fsp3) is 0.381. The quantitative estimate of drug-likeness (QED) is 0.671. The number of para-hydroxylation sites is 2. The maximum atomic E-state index is 10.4. The zero-order chi connectivity index (χ0) is 17.8. The van der Waals surface area contributed by atoms with E-state index in [9.17, 15) is 5.11 Å². The van der Waals surface area contributed by atoms with Crippen molar-refractivity contribution in [2.45, 2.75) is 46.4 Å². The van der Waals surface area contributed by atoms with Gasteiger partial charge in [-0.15, -0.1) is 0 Å². The van der Waals surface area contributed by atoms with Gasteiger partial charge in [-0.3, -0.25) is 0 Å². The molecule has 4 heteroatoms. The van der Waals surface area contributed by atoms with Crippen molar-refractivity contribution >= 4 is 11.0 Å². The summed E-state index contributed by atoms with van der Waals surface area (Å²) in [5, 5.41) is 10.4. The highest BCUT2D eigenvalue weighted by Gasteiger charge is 2.17. The van der Waals surface area contributed by atoms with Gasteiger partial charge in [0.15, 0.2) is 11.0 Å². The minimum atomic E-state index is -0.563. The molecule has 1 heterocycles. The van der Waals surface area contributed by atoms with Gasteiger partial charge in [-0.25, -0.2) is 9.13 Å². The summed E-state index contributed by atoms with van der Waals surface area (Å²) in [4.78, 5) is 0. The minimum Gasteiger partial charge on any atom is -0.491 e. The molecular weight excluding hydrogens is 312 g/mol. The van der Waals surface area contributed by atoms with E-state index in [1.165, 1.54) is 16.6 Å². The molecule has 1 aromatic heterocycles. The predicted octanol–water partition coefficient (Wildman–Crippen LogP) is 3.26. The van der Waals surface area contributed by atoms with Crippen molar-refractivity contribution in [3.05, 3.63) is 59.9 Å². The molecule has 2 aromatic carbocycles. The van der Waals surface area contributed by atoms with E-state index in [-0.39, 0.29) is 6.61 Å². The number of aliphatic hydroxyl groups excluding tert-OH is 1. The van der Waals surface area contributed by atoms with Crippen molar-refractivity contribution in [3.8, 4) is 5.75 Å². The van der Waals surface area contributed by atoms with Gasteiger partial charge in [-0.1, -0.05) is 25.1 Å². The first-order valence-electron chi connectivity index (χ1n) is 8.99. The molecule has 0 aliphatic heterocycles. The smallest absolute Gasteiger partial charge is 0.244 e. The summed E-state index contributed by atoms with van der Waals surface area (Å²) >= 11 is 0. The first-order chi connectivity index (χ1) is 12.1. The van der Waals surface area contributed by atoms with Gasteiger partial charge >= 0.3 is 0 Å². The molecule has 0 amide bonds. The maximum absolute atomic E-state index is 10.4. The molecule has 0 saturated carbocycles. The lowest BCUT2D eigenvalue weighted by atomic mass is 10.1. The largest absolute Gasteiger partial charge is 0.491 e. The van der Waals surface area contributed by atoms with E-state index in [0.717, 1.165) is 24.2 Å². The van der Waals surface area contributed by atoms with Gasteiger partial charge in [0.05, 0.1) is 6.54 Å². The zero-order valence-electron chi connectivity index (χ0n) is 15.3. The second-order valence-electron chi connectivity index (χ2n) is 6.52. The number of fused-ring (bicyclic) bond motifs is 1. The molecule has 1 N–H and O–H groups in total. The Balaban J connectivity index is 1.69. The van der Waals surface area contributed by atoms with Crippen LogP contribution in [0.15, 0.2) is 48.8 Å². The van der Waals surface area contributed by atoms with E-state index in [0.29, 0.717) is 6.54 Å². The summed E-state index contributed by atoms with van der Waals surface area (Å²) in [6.45, 7) is 8.03. The third kappa shape index (κ3) is 4.02. The third-order valence-electron chi connectivity index (χ3n) is 4.49. The number of benzene rings is 2. The highest BCUT2D eigenvalue weighted by atomic mass is 16.5. The van der Waals surface area contributed by atoms with Crippen LogP contribution in [0.2, 0.25) is 0 Å². The highest BCUT2D eigenvalue weighted by Crippen LogP contribution is 2.17. The van der Waals surface area contributed by atoms with E-state index < -0.39 is 6.10 Å². The van der Waals surface area contributed by atoms with Gasteiger partial charge in [0.2, 0.25) is 6.33 Å². The van der Waals surface area contributed by atoms with Crippen LogP contribution in [0.25, 0.3) is 11.0 Å². The number of ether oxygens (including phenoxy) is 1. The van der Waals surface area contributed by atoms with Gasteiger partial charge in [0.1, 0.15) is 25.0 Å². The number of aromatic nitrogens is 2. The van der Waals surface area contributed by atoms with Gasteiger partial charge in [-0.2, -0.15) is 0 Å². The number of hydrogen-bond acceptors (Lipinski definition) is 2. The topological polar surface area (TPSA) is 38.3 Å². The molecule has 0 aliphatic carbocycles. The predicted molar refractivity (Wildman–Crippen MR) is 99.9 cm³/mol. The molecule has 0 saturated heterocycles. The van der Waals surface area contributed by atoms with Crippen molar-refractivity contribution in [2.75, 3.05) is 6.61 Å². The number of aryl methyl sites for hydroxylation is 3. The summed E-state index contributed by atoms with van der Waals surface area (Å²) < 4.78 is 10.1. The Bertz CT molecular complexity index is 854. The van der Waals surface area contributed by atoms with E-state index in [4.69, 9.17) is 4.74 Å². The van der Waals surface area contributed by atoms with Crippen molar-refractivity contribution in [3.63, 3.8) is 0 Å². The summed E-state index contributed by atoms with van der Waals surface area (Å²) in [7, 11) is 0. The first-order valence-corrected chi connectivity index (χ1v) is 8.99. The van der Waals surface area contributed by atoms with E-state index in [1.807, 2.05) is 18.2 Å². The molecule has 0 unspecified atom stereocenters. The maximum Gasteiger partial charge on any atom is 0.244 e. The lowest BCUT2D eigenvalue weighted by Gasteiger charge is -2.12. The average molecular weight is 339 g/mol. The Labute approximate surface area is 149 Å². The lowest BCUT2D eigenvalue weighted by molar-refractivity contribution is -0.679. The third-order valence-corrected chi connectivity index (χ3v) is 4.49. The Morgan fingerprint density at radius 3 is 2.72 bits per heavy atom. The van der Waals surface area contributed by atoms with Crippen molar-refractivity contribution in [2.24, 2.45) is 0 Å². The van der Waals surface area contributed by atoms with Gasteiger partial charge in [0.25, 0.3) is 0 Å². The summed E-state index contributed by atoms with van der Waals surface area (Å²) in [6, 6.07) is 14.5. The van der Waals surface area contributed by atoms with Crippen molar-refractivity contribution in [1.82, 2.24) is 4.57 Å². The summed E-state index contributed by atoms with van der Waals surface area (Å²) in [6.07, 6.45) is 2.48. The van der Waals surface area contributed by atoms with Crippen LogP contribution in [0, 0.1) is 6.92 Å². The fourth-order valence-corrected chi connectivity index (χ4v) is 3.22. The zero-order valence-corrected chi connectivity index (χ0v) is 15.3. The number of imidazole rings is 1. The molecule has 4 nitrogen and oxygen atoms in total. The SMILES string of the molecule is CCc1cc(C)cc(OC[C@H](O)C[n+]2cn(CC)c3ccccc32)c1. The average Bonchev–Trinajstić information content (AvgIpc) is 2.97. The summed E-state index contributed by atoms with van der Waals surface area (Å²) in [5.74, 6) is 0.830. The van der Waals surface area contributed by atoms with Crippen molar-refractivity contribution in [1.29, 1.82) is 0 Å². The first kappa shape index (κ1) is 17.5. The normalized spacial score (nSPS) is 12.5. The van der Waals surface area contributed by atoms with E-state index in [1.54, 1.807) is 0 Å². The molecule has 132 valence electrons. The molecule has 1 atom stereocenters. The second-order valence-corrected chi connectivity index (χ2v) is 6.52. The molecule has 0 spiro atoms. The van der Waals surface area contributed by atoms with E-state index in [2.05, 4.69) is 60.5 Å². The summed E-state index contributed by atoms with van der Waals surface area (Å²) in [5.41, 5.74) is 4.76. The van der Waals surface area contributed by atoms with Crippen LogP contribution in [0.5, 0.6) is 5.75 Å². The van der Waals surface area contributed by atoms with Gasteiger partial charge < -0.3 is 9.84 Å². The monoisotopic (exact) mass is 339 g/mol. The second kappa shape index (κ2) is 7.70. The molecule has 0 bridgehead atoms. The molecular formula is C21H27N2O2+. The molecule has 3 aromatic rings. The van der Waals surface area contributed by atoms with Crippen LogP contribution in [-0.2, 0) is 19.5 Å². The van der Waals surface area contributed by atoms with Crippen LogP contribution in [0.4, 0.5) is 0 Å². The molecule has 0 fully saturated rings. The van der Waals surface area contributed by atoms with Crippen LogP contribution >= 0.6 is 0 Å². The Hall–Kier alpha value is -2.33.